The second-order valence-electron chi connectivity index (χ2n) is 7.38. The second kappa shape index (κ2) is 8.15. The van der Waals surface area contributed by atoms with Crippen LogP contribution in [0.1, 0.15) is 19.4 Å². The Kier molecular flexibility index (Phi) is 5.85. The molecule has 0 radical (unpaired) electrons. The number of hydrogen-bond acceptors (Lipinski definition) is 8. The highest BCUT2D eigenvalue weighted by Gasteiger charge is 2.26. The van der Waals surface area contributed by atoms with E-state index in [2.05, 4.69) is 14.9 Å². The third-order valence-electron chi connectivity index (χ3n) is 4.57. The fourth-order valence-electron chi connectivity index (χ4n) is 3.11. The summed E-state index contributed by atoms with van der Waals surface area (Å²) in [6, 6.07) is 3.63. The maximum absolute atomic E-state index is 12.2. The molecule has 1 amide bonds. The molecule has 9 nitrogen and oxygen atoms in total. The van der Waals surface area contributed by atoms with Crippen LogP contribution in [-0.2, 0) is 11.3 Å². The Morgan fingerprint density at radius 2 is 1.93 bits per heavy atom. The van der Waals surface area contributed by atoms with Gasteiger partial charge in [-0.05, 0) is 26.0 Å². The molecular weight excluding hydrogens is 364 g/mol. The number of ether oxygens (including phenoxy) is 2. The number of hydrogen-bond donors (Lipinski definition) is 2. The highest BCUT2D eigenvalue weighted by atomic mass is 16.6. The monoisotopic (exact) mass is 390 g/mol. The lowest BCUT2D eigenvalue weighted by atomic mass is 10.1. The van der Waals surface area contributed by atoms with E-state index in [4.69, 9.17) is 9.47 Å². The first kappa shape index (κ1) is 20.1. The van der Waals surface area contributed by atoms with E-state index in [0.29, 0.717) is 37.5 Å². The molecule has 1 fully saturated rings. The normalized spacial score (nSPS) is 15.0. The van der Waals surface area contributed by atoms with Crippen molar-refractivity contribution in [3.63, 3.8) is 0 Å². The number of carbonyl (C=O) groups excluding carboxylic acids is 1. The van der Waals surface area contributed by atoms with Gasteiger partial charge in [-0.15, -0.1) is 0 Å². The van der Waals surface area contributed by atoms with Gasteiger partial charge in [0.05, 0.1) is 24.8 Å². The van der Waals surface area contributed by atoms with Crippen LogP contribution in [-0.4, -0.2) is 76.7 Å². The van der Waals surface area contributed by atoms with Crippen LogP contribution < -0.4 is 9.64 Å². The van der Waals surface area contributed by atoms with Gasteiger partial charge in [-0.3, -0.25) is 0 Å². The minimum Gasteiger partial charge on any atom is -0.496 e. The second-order valence-corrected chi connectivity index (χ2v) is 7.38. The van der Waals surface area contributed by atoms with E-state index in [0.717, 1.165) is 16.7 Å². The third kappa shape index (κ3) is 4.42. The SMILES string of the molecule is COc1cc2c(N3CCN(C(=O)OCC(C)(C)O)CC3)ncnc2cc1CO. The Hall–Kier alpha value is -2.65. The zero-order valence-electron chi connectivity index (χ0n) is 16.4. The summed E-state index contributed by atoms with van der Waals surface area (Å²) in [4.78, 5) is 24.6. The van der Waals surface area contributed by atoms with E-state index in [-0.39, 0.29) is 13.2 Å². The largest absolute Gasteiger partial charge is 0.496 e. The zero-order valence-corrected chi connectivity index (χ0v) is 16.4. The average molecular weight is 390 g/mol. The van der Waals surface area contributed by atoms with Crippen molar-refractivity contribution in [2.75, 3.05) is 44.8 Å². The fourth-order valence-corrected chi connectivity index (χ4v) is 3.11. The van der Waals surface area contributed by atoms with E-state index in [1.807, 2.05) is 6.07 Å². The standard InChI is InChI=1S/C19H26N4O5/c1-19(2,26)11-28-18(25)23-6-4-22(5-7-23)17-14-9-16(27-3)13(10-24)8-15(14)20-12-21-17/h8-9,12,24,26H,4-7,10-11H2,1-3H3. The van der Waals surface area contributed by atoms with E-state index in [9.17, 15) is 15.0 Å². The fraction of sp³-hybridized carbons (Fsp3) is 0.526. The minimum atomic E-state index is -1.05. The van der Waals surface area contributed by atoms with E-state index in [1.54, 1.807) is 31.9 Å². The summed E-state index contributed by atoms with van der Waals surface area (Å²) >= 11 is 0. The van der Waals surface area contributed by atoms with Crippen molar-refractivity contribution in [3.05, 3.63) is 24.0 Å². The molecule has 3 rings (SSSR count). The smallest absolute Gasteiger partial charge is 0.409 e. The molecule has 1 aromatic heterocycles. The predicted octanol–water partition coefficient (Wildman–Crippen LogP) is 1.16. The van der Waals surface area contributed by atoms with Crippen LogP contribution in [0.4, 0.5) is 10.6 Å². The highest BCUT2D eigenvalue weighted by Crippen LogP contribution is 2.30. The molecule has 0 bridgehead atoms. The lowest BCUT2D eigenvalue weighted by molar-refractivity contribution is -0.00414. The van der Waals surface area contributed by atoms with Gasteiger partial charge in [0.1, 0.15) is 24.5 Å². The molecule has 0 unspecified atom stereocenters. The molecular formula is C19H26N4O5. The summed E-state index contributed by atoms with van der Waals surface area (Å²) in [5.74, 6) is 1.34. The lowest BCUT2D eigenvalue weighted by Crippen LogP contribution is -2.49. The van der Waals surface area contributed by atoms with Gasteiger partial charge in [0.2, 0.25) is 0 Å². The Bertz CT molecular complexity index is 844. The van der Waals surface area contributed by atoms with Gasteiger partial charge < -0.3 is 29.5 Å². The Balaban J connectivity index is 1.74. The number of aliphatic hydroxyl groups is 2. The molecule has 2 N–H and O–H groups in total. The molecule has 28 heavy (non-hydrogen) atoms. The summed E-state index contributed by atoms with van der Waals surface area (Å²) in [7, 11) is 1.56. The number of carbonyl (C=O) groups is 1. The van der Waals surface area contributed by atoms with Crippen molar-refractivity contribution in [3.8, 4) is 5.75 Å². The van der Waals surface area contributed by atoms with Crippen molar-refractivity contribution in [1.82, 2.24) is 14.9 Å². The van der Waals surface area contributed by atoms with E-state index < -0.39 is 11.7 Å². The van der Waals surface area contributed by atoms with Crippen LogP contribution in [0.2, 0.25) is 0 Å². The Labute approximate surface area is 163 Å². The van der Waals surface area contributed by atoms with Gasteiger partial charge >= 0.3 is 6.09 Å². The lowest BCUT2D eigenvalue weighted by Gasteiger charge is -2.35. The number of methoxy groups -OCH3 is 1. The van der Waals surface area contributed by atoms with Crippen molar-refractivity contribution in [2.24, 2.45) is 0 Å². The van der Waals surface area contributed by atoms with Crippen molar-refractivity contribution >= 4 is 22.8 Å². The maximum atomic E-state index is 12.2. The molecule has 0 atom stereocenters. The summed E-state index contributed by atoms with van der Waals surface area (Å²) < 4.78 is 10.5. The first-order valence-electron chi connectivity index (χ1n) is 9.14. The molecule has 1 saturated heterocycles. The number of anilines is 1. The van der Waals surface area contributed by atoms with Crippen molar-refractivity contribution in [2.45, 2.75) is 26.1 Å². The summed E-state index contributed by atoms with van der Waals surface area (Å²) in [5.41, 5.74) is 0.338. The third-order valence-corrected chi connectivity index (χ3v) is 4.57. The van der Waals surface area contributed by atoms with Crippen LogP contribution in [0.25, 0.3) is 10.9 Å². The molecule has 9 heteroatoms. The first-order valence-corrected chi connectivity index (χ1v) is 9.14. The molecule has 1 aromatic carbocycles. The van der Waals surface area contributed by atoms with E-state index in [1.165, 1.54) is 6.33 Å². The van der Waals surface area contributed by atoms with Gasteiger partial charge in [-0.25, -0.2) is 14.8 Å². The quantitative estimate of drug-likeness (QED) is 0.783. The molecule has 0 saturated carbocycles. The number of benzene rings is 1. The summed E-state index contributed by atoms with van der Waals surface area (Å²) in [6.07, 6.45) is 1.07. The van der Waals surface area contributed by atoms with E-state index >= 15 is 0 Å². The molecule has 2 heterocycles. The van der Waals surface area contributed by atoms with Crippen molar-refractivity contribution in [1.29, 1.82) is 0 Å². The number of rotatable bonds is 5. The molecule has 0 spiro atoms. The topological polar surface area (TPSA) is 108 Å². The predicted molar refractivity (Wildman–Crippen MR) is 103 cm³/mol. The van der Waals surface area contributed by atoms with Gasteiger partial charge in [0, 0.05) is 37.1 Å². The molecule has 2 aromatic rings. The number of fused-ring (bicyclic) bond motifs is 1. The number of nitrogens with zero attached hydrogens (tertiary/aromatic N) is 4. The molecule has 1 aliphatic rings. The maximum Gasteiger partial charge on any atom is 0.409 e. The highest BCUT2D eigenvalue weighted by molar-refractivity contribution is 5.91. The van der Waals surface area contributed by atoms with Crippen LogP contribution >= 0.6 is 0 Å². The van der Waals surface area contributed by atoms with Crippen molar-refractivity contribution < 1.29 is 24.5 Å². The summed E-state index contributed by atoms with van der Waals surface area (Å²) in [6.45, 7) is 5.16. The molecule has 1 aliphatic heterocycles. The first-order chi connectivity index (χ1) is 13.3. The van der Waals surface area contributed by atoms with Gasteiger partial charge in [-0.1, -0.05) is 0 Å². The number of aromatic nitrogens is 2. The minimum absolute atomic E-state index is 0.0461. The molecule has 152 valence electrons. The summed E-state index contributed by atoms with van der Waals surface area (Å²) in [5, 5.41) is 20.0. The number of amides is 1. The van der Waals surface area contributed by atoms with Gasteiger partial charge in [0.15, 0.2) is 0 Å². The average Bonchev–Trinajstić information content (AvgIpc) is 2.70. The van der Waals surface area contributed by atoms with Crippen LogP contribution in [0, 0.1) is 0 Å². The zero-order chi connectivity index (χ0) is 20.3. The number of piperazine rings is 1. The Morgan fingerprint density at radius 1 is 1.21 bits per heavy atom. The van der Waals surface area contributed by atoms with Crippen LogP contribution in [0.15, 0.2) is 18.5 Å². The van der Waals surface area contributed by atoms with Crippen LogP contribution in [0.3, 0.4) is 0 Å². The van der Waals surface area contributed by atoms with Gasteiger partial charge in [0.25, 0.3) is 0 Å². The number of aliphatic hydroxyl groups excluding tert-OH is 1. The van der Waals surface area contributed by atoms with Crippen LogP contribution in [0.5, 0.6) is 5.75 Å². The Morgan fingerprint density at radius 3 is 2.54 bits per heavy atom. The molecule has 0 aliphatic carbocycles. The van der Waals surface area contributed by atoms with Gasteiger partial charge in [-0.2, -0.15) is 0 Å².